The number of fused-ring (bicyclic) bond motifs is 2. The Morgan fingerprint density at radius 2 is 1.85 bits per heavy atom. The Bertz CT molecular complexity index is 1560. The Morgan fingerprint density at radius 1 is 1.03 bits per heavy atom. The number of hydrogen-bond acceptors (Lipinski definition) is 5. The van der Waals surface area contributed by atoms with E-state index >= 15 is 0 Å². The van der Waals surface area contributed by atoms with Gasteiger partial charge >= 0.3 is 5.63 Å². The third-order valence-corrected chi connectivity index (χ3v) is 5.43. The number of carbonyl (C=O) groups is 1. The monoisotopic (exact) mass is 453 g/mol. The van der Waals surface area contributed by atoms with Crippen LogP contribution in [0.15, 0.2) is 88.2 Å². The zero-order chi connectivity index (χ0) is 23.7. The fourth-order valence-corrected chi connectivity index (χ4v) is 3.98. The molecule has 7 nitrogen and oxygen atoms in total. The van der Waals surface area contributed by atoms with E-state index in [2.05, 4.69) is 34.7 Å². The fourth-order valence-electron chi connectivity index (χ4n) is 3.98. The van der Waals surface area contributed by atoms with Crippen molar-refractivity contribution in [3.05, 3.63) is 101 Å². The molecule has 0 unspecified atom stereocenters. The Morgan fingerprint density at radius 3 is 2.71 bits per heavy atom. The second-order valence-corrected chi connectivity index (χ2v) is 8.29. The average molecular weight is 453 g/mol. The van der Waals surface area contributed by atoms with E-state index in [0.717, 1.165) is 16.3 Å². The zero-order valence-electron chi connectivity index (χ0n) is 18.8. The molecule has 1 N–H and O–H groups in total. The van der Waals surface area contributed by atoms with Gasteiger partial charge in [-0.15, -0.1) is 0 Å². The van der Waals surface area contributed by atoms with E-state index < -0.39 is 11.5 Å². The minimum Gasteiger partial charge on any atom is -0.491 e. The van der Waals surface area contributed by atoms with Gasteiger partial charge < -0.3 is 14.5 Å². The van der Waals surface area contributed by atoms with Crippen LogP contribution in [0, 0.1) is 0 Å². The average Bonchev–Trinajstić information content (AvgIpc) is 3.24. The molecule has 170 valence electrons. The number of ether oxygens (including phenoxy) is 1. The predicted molar refractivity (Wildman–Crippen MR) is 131 cm³/mol. The minimum atomic E-state index is -0.610. The number of nitrogens with zero attached hydrogens (tertiary/aromatic N) is 2. The maximum absolute atomic E-state index is 13.0. The molecule has 0 bridgehead atoms. The Balaban J connectivity index is 1.38. The smallest absolute Gasteiger partial charge is 0.337 e. The molecule has 0 atom stereocenters. The Labute approximate surface area is 195 Å². The number of hydrogen-bond donors (Lipinski definition) is 1. The van der Waals surface area contributed by atoms with E-state index in [-0.39, 0.29) is 17.3 Å². The van der Waals surface area contributed by atoms with E-state index in [1.807, 2.05) is 38.2 Å². The summed E-state index contributed by atoms with van der Waals surface area (Å²) in [6.07, 6.45) is 1.78. The first-order valence-electron chi connectivity index (χ1n) is 11.0. The molecule has 0 aliphatic rings. The number of carbonyl (C=O) groups excluding carboxylic acids is 1. The number of rotatable bonds is 6. The van der Waals surface area contributed by atoms with Gasteiger partial charge in [0.25, 0.3) is 5.91 Å². The largest absolute Gasteiger partial charge is 0.491 e. The van der Waals surface area contributed by atoms with E-state index in [9.17, 15) is 9.59 Å². The van der Waals surface area contributed by atoms with Gasteiger partial charge in [-0.3, -0.25) is 9.48 Å². The van der Waals surface area contributed by atoms with Crippen molar-refractivity contribution >= 4 is 33.5 Å². The summed E-state index contributed by atoms with van der Waals surface area (Å²) in [4.78, 5) is 25.1. The number of anilines is 1. The summed E-state index contributed by atoms with van der Waals surface area (Å²) in [6, 6.07) is 22.3. The standard InChI is InChI=1S/C27H23N3O4/c1-17(2)33-20-10-11-22-23(15-26(31)34-24(22)14-20)27(32)28-25-12-13-30(29-25)16-19-8-5-7-18-6-3-4-9-21(18)19/h3-15,17H,16H2,1-2H3,(H,28,29,32). The van der Waals surface area contributed by atoms with Gasteiger partial charge in [0, 0.05) is 29.8 Å². The minimum absolute atomic E-state index is 0.0281. The molecule has 0 fully saturated rings. The first-order valence-corrected chi connectivity index (χ1v) is 11.0. The highest BCUT2D eigenvalue weighted by Crippen LogP contribution is 2.24. The molecule has 5 aromatic rings. The summed E-state index contributed by atoms with van der Waals surface area (Å²) in [5.74, 6) is 0.521. The molecule has 34 heavy (non-hydrogen) atoms. The summed E-state index contributed by atoms with van der Waals surface area (Å²) >= 11 is 0. The highest BCUT2D eigenvalue weighted by molar-refractivity contribution is 6.11. The van der Waals surface area contributed by atoms with Crippen LogP contribution >= 0.6 is 0 Å². The summed E-state index contributed by atoms with van der Waals surface area (Å²) in [6.45, 7) is 4.38. The molecule has 0 spiro atoms. The van der Waals surface area contributed by atoms with Crippen LogP contribution in [0.25, 0.3) is 21.7 Å². The number of nitrogens with one attached hydrogen (secondary N) is 1. The van der Waals surface area contributed by atoms with Gasteiger partial charge in [-0.25, -0.2) is 4.79 Å². The molecule has 2 aromatic heterocycles. The van der Waals surface area contributed by atoms with Crippen molar-refractivity contribution in [1.82, 2.24) is 9.78 Å². The molecule has 2 heterocycles. The van der Waals surface area contributed by atoms with Crippen molar-refractivity contribution in [1.29, 1.82) is 0 Å². The summed E-state index contributed by atoms with van der Waals surface area (Å²) in [5.41, 5.74) is 1.02. The van der Waals surface area contributed by atoms with Gasteiger partial charge in [-0.2, -0.15) is 5.10 Å². The Kier molecular flexibility index (Phi) is 5.59. The van der Waals surface area contributed by atoms with Gasteiger partial charge in [0.05, 0.1) is 18.2 Å². The number of benzene rings is 3. The van der Waals surface area contributed by atoms with Crippen LogP contribution in [0.4, 0.5) is 5.82 Å². The van der Waals surface area contributed by atoms with E-state index in [4.69, 9.17) is 9.15 Å². The second-order valence-electron chi connectivity index (χ2n) is 8.29. The van der Waals surface area contributed by atoms with Crippen LogP contribution in [-0.2, 0) is 6.54 Å². The molecule has 0 saturated carbocycles. The van der Waals surface area contributed by atoms with Gasteiger partial charge in [0.15, 0.2) is 5.82 Å². The SMILES string of the molecule is CC(C)Oc1ccc2c(C(=O)Nc3ccn(Cc4cccc5ccccc45)n3)cc(=O)oc2c1. The number of aromatic nitrogens is 2. The fraction of sp³-hybridized carbons (Fsp3) is 0.148. The van der Waals surface area contributed by atoms with Crippen LogP contribution in [0.2, 0.25) is 0 Å². The summed E-state index contributed by atoms with van der Waals surface area (Å²) < 4.78 is 12.7. The highest BCUT2D eigenvalue weighted by Gasteiger charge is 2.16. The lowest BCUT2D eigenvalue weighted by Gasteiger charge is -2.11. The van der Waals surface area contributed by atoms with E-state index in [1.54, 1.807) is 28.9 Å². The van der Waals surface area contributed by atoms with Crippen LogP contribution < -0.4 is 15.7 Å². The third kappa shape index (κ3) is 4.41. The maximum atomic E-state index is 13.0. The van der Waals surface area contributed by atoms with Crippen LogP contribution in [0.1, 0.15) is 29.8 Å². The lowest BCUT2D eigenvalue weighted by molar-refractivity contribution is 0.102. The molecule has 0 saturated heterocycles. The molecule has 0 aliphatic carbocycles. The van der Waals surface area contributed by atoms with Crippen LogP contribution in [-0.4, -0.2) is 21.8 Å². The van der Waals surface area contributed by atoms with Crippen molar-refractivity contribution in [2.75, 3.05) is 5.32 Å². The number of amides is 1. The van der Waals surface area contributed by atoms with Crippen LogP contribution in [0.3, 0.4) is 0 Å². The topological polar surface area (TPSA) is 86.4 Å². The van der Waals surface area contributed by atoms with Crippen molar-refractivity contribution in [2.24, 2.45) is 0 Å². The molecular weight excluding hydrogens is 430 g/mol. The lowest BCUT2D eigenvalue weighted by atomic mass is 10.0. The molecule has 0 radical (unpaired) electrons. The van der Waals surface area contributed by atoms with Crippen molar-refractivity contribution in [3.8, 4) is 5.75 Å². The second kappa shape index (κ2) is 8.86. The third-order valence-electron chi connectivity index (χ3n) is 5.43. The molecule has 3 aromatic carbocycles. The van der Waals surface area contributed by atoms with E-state index in [1.165, 1.54) is 6.07 Å². The van der Waals surface area contributed by atoms with Gasteiger partial charge in [0.1, 0.15) is 11.3 Å². The van der Waals surface area contributed by atoms with Crippen molar-refractivity contribution < 1.29 is 13.9 Å². The first kappa shape index (κ1) is 21.5. The quantitative estimate of drug-likeness (QED) is 0.356. The molecule has 0 aliphatic heterocycles. The first-order chi connectivity index (χ1) is 16.5. The predicted octanol–water partition coefficient (Wildman–Crippen LogP) is 5.23. The van der Waals surface area contributed by atoms with Crippen LogP contribution in [0.5, 0.6) is 5.75 Å². The molecule has 7 heteroatoms. The summed E-state index contributed by atoms with van der Waals surface area (Å²) in [7, 11) is 0. The van der Waals surface area contributed by atoms with Gasteiger partial charge in [0.2, 0.25) is 0 Å². The maximum Gasteiger partial charge on any atom is 0.337 e. The highest BCUT2D eigenvalue weighted by atomic mass is 16.5. The summed E-state index contributed by atoms with van der Waals surface area (Å²) in [5, 5.41) is 10.1. The van der Waals surface area contributed by atoms with E-state index in [0.29, 0.717) is 23.5 Å². The lowest BCUT2D eigenvalue weighted by Crippen LogP contribution is -2.16. The van der Waals surface area contributed by atoms with Crippen molar-refractivity contribution in [3.63, 3.8) is 0 Å². The molecule has 5 rings (SSSR count). The molecular formula is C27H23N3O4. The normalized spacial score (nSPS) is 11.3. The van der Waals surface area contributed by atoms with Gasteiger partial charge in [-0.05, 0) is 42.3 Å². The van der Waals surface area contributed by atoms with Crippen molar-refractivity contribution in [2.45, 2.75) is 26.5 Å². The zero-order valence-corrected chi connectivity index (χ0v) is 18.8. The Hall–Kier alpha value is -4.39. The van der Waals surface area contributed by atoms with Gasteiger partial charge in [-0.1, -0.05) is 42.5 Å². The molecule has 1 amide bonds.